The molecule has 0 aliphatic carbocycles. The van der Waals surface area contributed by atoms with Crippen LogP contribution in [0.1, 0.15) is 6.92 Å². The summed E-state index contributed by atoms with van der Waals surface area (Å²) in [6.45, 7) is 1.13. The molecule has 142 valence electrons. The minimum Gasteiger partial charge on any atom is -0.497 e. The molecule has 7 nitrogen and oxygen atoms in total. The van der Waals surface area contributed by atoms with Crippen LogP contribution in [0.5, 0.6) is 11.5 Å². The second kappa shape index (κ2) is 7.65. The van der Waals surface area contributed by atoms with Crippen LogP contribution in [-0.4, -0.2) is 46.8 Å². The van der Waals surface area contributed by atoms with Crippen LogP contribution in [0.15, 0.2) is 58.3 Å². The van der Waals surface area contributed by atoms with Gasteiger partial charge in [0.2, 0.25) is 0 Å². The first-order chi connectivity index (χ1) is 12.1. The van der Waals surface area contributed by atoms with Gasteiger partial charge in [-0.25, -0.2) is 16.8 Å². The van der Waals surface area contributed by atoms with Gasteiger partial charge in [-0.1, -0.05) is 0 Å². The number of rotatable bonds is 7. The lowest BCUT2D eigenvalue weighted by molar-refractivity contribution is 0.207. The summed E-state index contributed by atoms with van der Waals surface area (Å²) in [7, 11) is -5.89. The highest BCUT2D eigenvalue weighted by Gasteiger charge is 2.43. The second-order valence-electron chi connectivity index (χ2n) is 5.55. The Kier molecular flexibility index (Phi) is 5.94. The summed E-state index contributed by atoms with van der Waals surface area (Å²) >= 11 is 0. The van der Waals surface area contributed by atoms with Gasteiger partial charge in [0.15, 0.2) is 24.3 Å². The van der Waals surface area contributed by atoms with E-state index in [0.717, 1.165) is 6.92 Å². The molecule has 0 spiro atoms. The van der Waals surface area contributed by atoms with E-state index in [0.29, 0.717) is 11.5 Å². The Bertz CT molecular complexity index is 868. The third-order valence-electron chi connectivity index (χ3n) is 3.78. The molecule has 0 saturated heterocycles. The van der Waals surface area contributed by atoms with Crippen molar-refractivity contribution in [1.82, 2.24) is 0 Å². The van der Waals surface area contributed by atoms with E-state index in [1.165, 1.54) is 62.8 Å². The number of hydrogen-bond acceptors (Lipinski definition) is 7. The molecule has 0 bridgehead atoms. The molecule has 2 aromatic carbocycles. The number of benzene rings is 2. The first-order valence-electron chi connectivity index (χ1n) is 7.58. The minimum absolute atomic E-state index is 0.221. The summed E-state index contributed by atoms with van der Waals surface area (Å²) in [4.78, 5) is -0.442. The number of ether oxygens (including phenoxy) is 2. The maximum absolute atomic E-state index is 12.9. The summed E-state index contributed by atoms with van der Waals surface area (Å²) in [6, 6.07) is 10.6. The fourth-order valence-electron chi connectivity index (χ4n) is 2.48. The van der Waals surface area contributed by atoms with Gasteiger partial charge in [-0.2, -0.15) is 0 Å². The average Bonchev–Trinajstić information content (AvgIpc) is 2.61. The van der Waals surface area contributed by atoms with Gasteiger partial charge in [0.25, 0.3) is 0 Å². The molecule has 0 aromatic heterocycles. The van der Waals surface area contributed by atoms with E-state index in [1.807, 2.05) is 0 Å². The fourth-order valence-corrected chi connectivity index (χ4v) is 7.09. The average molecular weight is 400 g/mol. The van der Waals surface area contributed by atoms with Gasteiger partial charge in [0.1, 0.15) is 11.5 Å². The van der Waals surface area contributed by atoms with Crippen molar-refractivity contribution in [3.05, 3.63) is 48.5 Å². The summed E-state index contributed by atoms with van der Waals surface area (Å²) in [5.41, 5.74) is 0. The van der Waals surface area contributed by atoms with E-state index < -0.39 is 30.4 Å². The highest BCUT2D eigenvalue weighted by atomic mass is 32.3. The molecule has 0 amide bonds. The van der Waals surface area contributed by atoms with Crippen LogP contribution in [0.2, 0.25) is 0 Å². The number of hydrogen-bond donors (Lipinski definition) is 1. The monoisotopic (exact) mass is 400 g/mol. The quantitative estimate of drug-likeness (QED) is 0.753. The molecule has 2 rings (SSSR count). The van der Waals surface area contributed by atoms with Crippen LogP contribution in [0.25, 0.3) is 0 Å². The standard InChI is InChI=1S/C17H20O7S2/c1-12(18)17(25(19,20)15-8-4-13(23-2)5-9-15)26(21,22)16-10-6-14(24-3)7-11-16/h4-12,17-18H,1-3H3. The Morgan fingerprint density at radius 2 is 1.04 bits per heavy atom. The Balaban J connectivity index is 2.55. The molecular weight excluding hydrogens is 380 g/mol. The normalized spacial score (nSPS) is 13.4. The Hall–Kier alpha value is -2.10. The summed E-state index contributed by atoms with van der Waals surface area (Å²) < 4.78 is 59.6. The predicted octanol–water partition coefficient (Wildman–Crippen LogP) is 1.66. The third kappa shape index (κ3) is 3.84. The molecule has 0 aliphatic heterocycles. The number of methoxy groups -OCH3 is 2. The van der Waals surface area contributed by atoms with Crippen molar-refractivity contribution < 1.29 is 31.4 Å². The van der Waals surface area contributed by atoms with E-state index in [2.05, 4.69) is 0 Å². The zero-order valence-corrected chi connectivity index (χ0v) is 16.1. The summed E-state index contributed by atoms with van der Waals surface area (Å²) in [6.07, 6.45) is -1.64. The van der Waals surface area contributed by atoms with Gasteiger partial charge in [-0.15, -0.1) is 0 Å². The highest BCUT2D eigenvalue weighted by molar-refractivity contribution is 8.09. The van der Waals surface area contributed by atoms with E-state index in [1.54, 1.807) is 0 Å². The number of sulfone groups is 2. The van der Waals surface area contributed by atoms with Gasteiger partial charge in [-0.05, 0) is 55.5 Å². The smallest absolute Gasteiger partial charge is 0.198 e. The van der Waals surface area contributed by atoms with Crippen molar-refractivity contribution in [3.8, 4) is 11.5 Å². The predicted molar refractivity (Wildman–Crippen MR) is 95.8 cm³/mol. The van der Waals surface area contributed by atoms with Crippen LogP contribution in [-0.2, 0) is 19.7 Å². The van der Waals surface area contributed by atoms with Gasteiger partial charge < -0.3 is 14.6 Å². The molecular formula is C17H20O7S2. The van der Waals surface area contributed by atoms with E-state index in [9.17, 15) is 21.9 Å². The zero-order valence-electron chi connectivity index (χ0n) is 14.5. The fraction of sp³-hybridized carbons (Fsp3) is 0.294. The van der Waals surface area contributed by atoms with E-state index in [-0.39, 0.29) is 9.79 Å². The largest absolute Gasteiger partial charge is 0.497 e. The van der Waals surface area contributed by atoms with Crippen LogP contribution < -0.4 is 9.47 Å². The number of aliphatic hydroxyl groups is 1. The molecule has 0 saturated carbocycles. The van der Waals surface area contributed by atoms with Crippen molar-refractivity contribution in [2.24, 2.45) is 0 Å². The van der Waals surface area contributed by atoms with Crippen LogP contribution in [0, 0.1) is 0 Å². The van der Waals surface area contributed by atoms with Crippen LogP contribution in [0.3, 0.4) is 0 Å². The molecule has 9 heteroatoms. The molecule has 0 radical (unpaired) electrons. The molecule has 0 aliphatic rings. The SMILES string of the molecule is COc1ccc(S(=O)(=O)C(C(C)O)S(=O)(=O)c2ccc(OC)cc2)cc1. The molecule has 1 N–H and O–H groups in total. The zero-order chi connectivity index (χ0) is 19.5. The van der Waals surface area contributed by atoms with Gasteiger partial charge >= 0.3 is 0 Å². The van der Waals surface area contributed by atoms with Crippen molar-refractivity contribution >= 4 is 19.7 Å². The summed E-state index contributed by atoms with van der Waals surface area (Å²) in [5, 5.41) is 10.00. The minimum atomic E-state index is -4.37. The van der Waals surface area contributed by atoms with Gasteiger partial charge in [0.05, 0.1) is 30.1 Å². The molecule has 1 unspecified atom stereocenters. The third-order valence-corrected chi connectivity index (χ3v) is 9.17. The van der Waals surface area contributed by atoms with Crippen molar-refractivity contribution in [2.75, 3.05) is 14.2 Å². The summed E-state index contributed by atoms with van der Waals surface area (Å²) in [5.74, 6) is 0.853. The maximum atomic E-state index is 12.9. The Labute approximate surface area is 153 Å². The molecule has 0 heterocycles. The molecule has 0 fully saturated rings. The second-order valence-corrected chi connectivity index (χ2v) is 9.99. The lowest BCUT2D eigenvalue weighted by atomic mass is 10.3. The lowest BCUT2D eigenvalue weighted by Gasteiger charge is -2.21. The van der Waals surface area contributed by atoms with Gasteiger partial charge in [0, 0.05) is 0 Å². The topological polar surface area (TPSA) is 107 Å². The van der Waals surface area contributed by atoms with Crippen LogP contribution in [0.4, 0.5) is 0 Å². The van der Waals surface area contributed by atoms with Crippen molar-refractivity contribution in [1.29, 1.82) is 0 Å². The lowest BCUT2D eigenvalue weighted by Crippen LogP contribution is -2.39. The molecule has 1 atom stereocenters. The van der Waals surface area contributed by atoms with Crippen LogP contribution >= 0.6 is 0 Å². The molecule has 26 heavy (non-hydrogen) atoms. The first kappa shape index (κ1) is 20.2. The van der Waals surface area contributed by atoms with Crippen molar-refractivity contribution in [3.63, 3.8) is 0 Å². The Morgan fingerprint density at radius 3 is 1.27 bits per heavy atom. The number of aliphatic hydroxyl groups excluding tert-OH is 1. The van der Waals surface area contributed by atoms with E-state index >= 15 is 0 Å². The van der Waals surface area contributed by atoms with Gasteiger partial charge in [-0.3, -0.25) is 0 Å². The maximum Gasteiger partial charge on any atom is 0.198 e. The highest BCUT2D eigenvalue weighted by Crippen LogP contribution is 2.29. The molecule has 2 aromatic rings. The Morgan fingerprint density at radius 1 is 0.731 bits per heavy atom. The first-order valence-corrected chi connectivity index (χ1v) is 10.7. The van der Waals surface area contributed by atoms with Crippen molar-refractivity contribution in [2.45, 2.75) is 27.4 Å². The van der Waals surface area contributed by atoms with E-state index in [4.69, 9.17) is 9.47 Å².